The van der Waals surface area contributed by atoms with E-state index in [1.165, 1.54) is 0 Å². The standard InChI is InChI=1S/C22H28N6O2/c1-16-5-3-9-24-22(16)26-19-8-2-7-18(25-19)17-6-4-11-28(13-17)21(30)15-27-12-10-23-20(29)14-27/h2-3,5,7-9,17H,4,6,10-15H2,1H3,(H,23,29)(H,24,25,26). The number of piperidine rings is 1. The van der Waals surface area contributed by atoms with Crippen molar-refractivity contribution in [3.8, 4) is 0 Å². The number of rotatable bonds is 5. The number of carbonyl (C=O) groups is 2. The van der Waals surface area contributed by atoms with Gasteiger partial charge >= 0.3 is 0 Å². The van der Waals surface area contributed by atoms with Crippen molar-refractivity contribution >= 4 is 23.5 Å². The highest BCUT2D eigenvalue weighted by Crippen LogP contribution is 2.27. The molecule has 2 aromatic rings. The summed E-state index contributed by atoms with van der Waals surface area (Å²) in [6.45, 7) is 5.36. The van der Waals surface area contributed by atoms with Crippen molar-refractivity contribution in [2.24, 2.45) is 0 Å². The molecule has 4 rings (SSSR count). The topological polar surface area (TPSA) is 90.5 Å². The van der Waals surface area contributed by atoms with Crippen LogP contribution in [0, 0.1) is 6.92 Å². The lowest BCUT2D eigenvalue weighted by Gasteiger charge is -2.34. The van der Waals surface area contributed by atoms with Crippen LogP contribution in [0.25, 0.3) is 0 Å². The largest absolute Gasteiger partial charge is 0.354 e. The summed E-state index contributed by atoms with van der Waals surface area (Å²) < 4.78 is 0. The minimum absolute atomic E-state index is 0.0118. The predicted octanol–water partition coefficient (Wildman–Crippen LogP) is 1.67. The molecule has 2 N–H and O–H groups in total. The van der Waals surface area contributed by atoms with Crippen LogP contribution in [0.5, 0.6) is 0 Å². The first-order valence-corrected chi connectivity index (χ1v) is 10.5. The van der Waals surface area contributed by atoms with Gasteiger partial charge in [-0.2, -0.15) is 0 Å². The number of pyridine rings is 2. The van der Waals surface area contributed by atoms with E-state index in [2.05, 4.69) is 15.6 Å². The number of nitrogens with one attached hydrogen (secondary N) is 2. The van der Waals surface area contributed by atoms with E-state index in [9.17, 15) is 9.59 Å². The molecule has 2 fully saturated rings. The number of hydrogen-bond acceptors (Lipinski definition) is 6. The molecule has 2 aliphatic heterocycles. The van der Waals surface area contributed by atoms with E-state index >= 15 is 0 Å². The van der Waals surface area contributed by atoms with E-state index in [-0.39, 0.29) is 17.7 Å². The maximum atomic E-state index is 12.8. The van der Waals surface area contributed by atoms with Crippen molar-refractivity contribution in [3.63, 3.8) is 0 Å². The van der Waals surface area contributed by atoms with Gasteiger partial charge in [-0.15, -0.1) is 0 Å². The van der Waals surface area contributed by atoms with E-state index in [0.717, 1.165) is 48.8 Å². The molecule has 2 amide bonds. The Bertz CT molecular complexity index is 918. The van der Waals surface area contributed by atoms with Crippen molar-refractivity contribution in [1.29, 1.82) is 0 Å². The summed E-state index contributed by atoms with van der Waals surface area (Å²) >= 11 is 0. The smallest absolute Gasteiger partial charge is 0.236 e. The molecule has 1 unspecified atom stereocenters. The van der Waals surface area contributed by atoms with Crippen molar-refractivity contribution in [2.75, 3.05) is 44.6 Å². The predicted molar refractivity (Wildman–Crippen MR) is 114 cm³/mol. The molecule has 0 aliphatic carbocycles. The van der Waals surface area contributed by atoms with Gasteiger partial charge in [0.15, 0.2) is 0 Å². The monoisotopic (exact) mass is 408 g/mol. The number of carbonyl (C=O) groups excluding carboxylic acids is 2. The van der Waals surface area contributed by atoms with Crippen LogP contribution in [0.15, 0.2) is 36.5 Å². The molecule has 158 valence electrons. The fraction of sp³-hybridized carbons (Fsp3) is 0.455. The zero-order valence-corrected chi connectivity index (χ0v) is 17.3. The van der Waals surface area contributed by atoms with Gasteiger partial charge in [0, 0.05) is 44.0 Å². The van der Waals surface area contributed by atoms with Crippen LogP contribution in [0.1, 0.15) is 30.0 Å². The molecule has 8 heteroatoms. The maximum Gasteiger partial charge on any atom is 0.236 e. The van der Waals surface area contributed by atoms with Crippen LogP contribution in [0.4, 0.5) is 11.6 Å². The number of aryl methyl sites for hydroxylation is 1. The minimum atomic E-state index is -0.0118. The molecule has 0 saturated carbocycles. The summed E-state index contributed by atoms with van der Waals surface area (Å²) in [4.78, 5) is 37.4. The minimum Gasteiger partial charge on any atom is -0.354 e. The third-order valence-electron chi connectivity index (χ3n) is 5.70. The van der Waals surface area contributed by atoms with Crippen LogP contribution in [0.3, 0.4) is 0 Å². The molecule has 2 aromatic heterocycles. The number of amides is 2. The van der Waals surface area contributed by atoms with Gasteiger partial charge < -0.3 is 15.5 Å². The number of hydrogen-bond donors (Lipinski definition) is 2. The summed E-state index contributed by atoms with van der Waals surface area (Å²) in [5.41, 5.74) is 2.05. The average molecular weight is 409 g/mol. The maximum absolute atomic E-state index is 12.8. The van der Waals surface area contributed by atoms with E-state index in [0.29, 0.717) is 26.2 Å². The number of anilines is 2. The average Bonchev–Trinajstić information content (AvgIpc) is 2.76. The van der Waals surface area contributed by atoms with Crippen molar-refractivity contribution in [1.82, 2.24) is 25.1 Å². The molecule has 1 atom stereocenters. The molecular weight excluding hydrogens is 380 g/mol. The Kier molecular flexibility index (Phi) is 6.23. The van der Waals surface area contributed by atoms with Crippen LogP contribution in [-0.4, -0.2) is 70.9 Å². The highest BCUT2D eigenvalue weighted by Gasteiger charge is 2.28. The highest BCUT2D eigenvalue weighted by molar-refractivity contribution is 5.82. The second-order valence-electron chi connectivity index (χ2n) is 7.98. The van der Waals surface area contributed by atoms with Gasteiger partial charge in [-0.1, -0.05) is 12.1 Å². The Morgan fingerprint density at radius 3 is 3.00 bits per heavy atom. The molecule has 30 heavy (non-hydrogen) atoms. The fourth-order valence-corrected chi connectivity index (χ4v) is 4.05. The summed E-state index contributed by atoms with van der Waals surface area (Å²) in [6, 6.07) is 9.88. The molecule has 8 nitrogen and oxygen atoms in total. The first-order valence-electron chi connectivity index (χ1n) is 10.5. The summed E-state index contributed by atoms with van der Waals surface area (Å²) in [7, 11) is 0. The third-order valence-corrected chi connectivity index (χ3v) is 5.70. The molecule has 0 aromatic carbocycles. The van der Waals surface area contributed by atoms with Gasteiger partial charge in [-0.25, -0.2) is 9.97 Å². The van der Waals surface area contributed by atoms with Crippen molar-refractivity contribution in [2.45, 2.75) is 25.7 Å². The highest BCUT2D eigenvalue weighted by atomic mass is 16.2. The van der Waals surface area contributed by atoms with E-state index < -0.39 is 0 Å². The molecule has 4 heterocycles. The van der Waals surface area contributed by atoms with Crippen LogP contribution in [-0.2, 0) is 9.59 Å². The summed E-state index contributed by atoms with van der Waals surface area (Å²) in [5.74, 6) is 1.85. The van der Waals surface area contributed by atoms with Gasteiger partial charge in [0.05, 0.1) is 13.1 Å². The van der Waals surface area contributed by atoms with Gasteiger partial charge in [-0.3, -0.25) is 14.5 Å². The Hall–Kier alpha value is -3.00. The van der Waals surface area contributed by atoms with Gasteiger partial charge in [0.2, 0.25) is 11.8 Å². The SMILES string of the molecule is Cc1cccnc1Nc1cccc(C2CCCN(C(=O)CN3CCNC(=O)C3)C2)n1. The summed E-state index contributed by atoms with van der Waals surface area (Å²) in [5, 5.41) is 6.09. The molecular formula is C22H28N6O2. The van der Waals surface area contributed by atoms with E-state index in [1.54, 1.807) is 6.20 Å². The van der Waals surface area contributed by atoms with Crippen LogP contribution < -0.4 is 10.6 Å². The number of likely N-dealkylation sites (tertiary alicyclic amines) is 1. The van der Waals surface area contributed by atoms with E-state index in [4.69, 9.17) is 4.98 Å². The molecule has 0 spiro atoms. The quantitative estimate of drug-likeness (QED) is 0.782. The second-order valence-corrected chi connectivity index (χ2v) is 7.98. The zero-order chi connectivity index (χ0) is 20.9. The fourth-order valence-electron chi connectivity index (χ4n) is 4.05. The third kappa shape index (κ3) is 4.94. The Morgan fingerprint density at radius 1 is 1.27 bits per heavy atom. The Labute approximate surface area is 176 Å². The van der Waals surface area contributed by atoms with Crippen molar-refractivity contribution in [3.05, 3.63) is 47.8 Å². The lowest BCUT2D eigenvalue weighted by Crippen LogP contribution is -2.52. The van der Waals surface area contributed by atoms with Crippen molar-refractivity contribution < 1.29 is 9.59 Å². The van der Waals surface area contributed by atoms with E-state index in [1.807, 2.05) is 47.1 Å². The first-order chi connectivity index (χ1) is 14.6. The molecule has 0 bridgehead atoms. The molecule has 0 radical (unpaired) electrons. The lowest BCUT2D eigenvalue weighted by atomic mass is 9.94. The van der Waals surface area contributed by atoms with Gasteiger partial charge in [0.1, 0.15) is 11.6 Å². The number of nitrogens with zero attached hydrogens (tertiary/aromatic N) is 4. The molecule has 2 saturated heterocycles. The number of aromatic nitrogens is 2. The number of piperazine rings is 1. The van der Waals surface area contributed by atoms with Gasteiger partial charge in [-0.05, 0) is 43.5 Å². The second kappa shape index (κ2) is 9.21. The van der Waals surface area contributed by atoms with Crippen LogP contribution >= 0.6 is 0 Å². The first kappa shape index (κ1) is 20.3. The zero-order valence-electron chi connectivity index (χ0n) is 17.3. The van der Waals surface area contributed by atoms with Crippen LogP contribution in [0.2, 0.25) is 0 Å². The Balaban J connectivity index is 1.40. The summed E-state index contributed by atoms with van der Waals surface area (Å²) in [6.07, 6.45) is 3.72. The normalized spacial score (nSPS) is 20.0. The Morgan fingerprint density at radius 2 is 2.17 bits per heavy atom. The molecule has 2 aliphatic rings. The lowest BCUT2D eigenvalue weighted by molar-refractivity contribution is -0.135. The van der Waals surface area contributed by atoms with Gasteiger partial charge in [0.25, 0.3) is 0 Å².